The zero-order valence-electron chi connectivity index (χ0n) is 13.0. The van der Waals surface area contributed by atoms with Gasteiger partial charge in [0.05, 0.1) is 0 Å². The summed E-state index contributed by atoms with van der Waals surface area (Å²) in [6.07, 6.45) is 0. The molecule has 0 aromatic heterocycles. The molecule has 0 unspecified atom stereocenters. The lowest BCUT2D eigenvalue weighted by atomic mass is 10.0. The van der Waals surface area contributed by atoms with Crippen molar-refractivity contribution in [2.24, 2.45) is 0 Å². The van der Waals surface area contributed by atoms with Gasteiger partial charge in [0, 0.05) is 17.6 Å². The van der Waals surface area contributed by atoms with Gasteiger partial charge in [-0.3, -0.25) is 4.79 Å². The number of aryl methyl sites for hydroxylation is 1. The van der Waals surface area contributed by atoms with E-state index in [1.807, 2.05) is 23.1 Å². The summed E-state index contributed by atoms with van der Waals surface area (Å²) >= 11 is 0. The van der Waals surface area contributed by atoms with Crippen molar-refractivity contribution < 1.29 is 4.79 Å². The fraction of sp³-hybridized carbons (Fsp3) is 0.389. The van der Waals surface area contributed by atoms with Gasteiger partial charge in [-0.1, -0.05) is 29.8 Å². The largest absolute Gasteiger partial charge is 0.334 e. The molecule has 2 aromatic carbocycles. The van der Waals surface area contributed by atoms with Crippen LogP contribution in [0, 0.1) is 6.92 Å². The first-order valence-corrected chi connectivity index (χ1v) is 7.23. The Morgan fingerprint density at radius 2 is 1.45 bits per heavy atom. The standard InChI is InChI=1S/C18H23NO/c1-12(2)19(13(3)4)18(20)17-9-8-15-10-14(5)6-7-16(15)11-17/h6-13H,1-5H3. The summed E-state index contributed by atoms with van der Waals surface area (Å²) in [4.78, 5) is 14.6. The highest BCUT2D eigenvalue weighted by atomic mass is 16.2. The average Bonchev–Trinajstić information content (AvgIpc) is 2.37. The van der Waals surface area contributed by atoms with Crippen LogP contribution in [0.2, 0.25) is 0 Å². The number of fused-ring (bicyclic) bond motifs is 1. The van der Waals surface area contributed by atoms with Crippen LogP contribution in [0.4, 0.5) is 0 Å². The van der Waals surface area contributed by atoms with Crippen molar-refractivity contribution in [3.05, 3.63) is 47.5 Å². The Labute approximate surface area is 121 Å². The molecule has 106 valence electrons. The monoisotopic (exact) mass is 269 g/mol. The molecule has 0 saturated carbocycles. The average molecular weight is 269 g/mol. The van der Waals surface area contributed by atoms with E-state index in [1.165, 1.54) is 10.9 Å². The van der Waals surface area contributed by atoms with E-state index in [9.17, 15) is 4.79 Å². The van der Waals surface area contributed by atoms with E-state index < -0.39 is 0 Å². The minimum Gasteiger partial charge on any atom is -0.334 e. The first-order chi connectivity index (χ1) is 9.40. The molecule has 20 heavy (non-hydrogen) atoms. The van der Waals surface area contributed by atoms with E-state index in [2.05, 4.69) is 52.8 Å². The fourth-order valence-corrected chi connectivity index (χ4v) is 2.71. The Balaban J connectivity index is 2.42. The number of amides is 1. The second-order valence-corrected chi connectivity index (χ2v) is 5.97. The number of hydrogen-bond acceptors (Lipinski definition) is 1. The van der Waals surface area contributed by atoms with Crippen LogP contribution >= 0.6 is 0 Å². The van der Waals surface area contributed by atoms with Gasteiger partial charge in [0.2, 0.25) is 0 Å². The lowest BCUT2D eigenvalue weighted by Gasteiger charge is -2.31. The Kier molecular flexibility index (Phi) is 4.12. The Morgan fingerprint density at radius 3 is 2.05 bits per heavy atom. The summed E-state index contributed by atoms with van der Waals surface area (Å²) in [6, 6.07) is 12.7. The number of carbonyl (C=O) groups is 1. The first-order valence-electron chi connectivity index (χ1n) is 7.23. The van der Waals surface area contributed by atoms with E-state index in [4.69, 9.17) is 0 Å². The Hall–Kier alpha value is -1.83. The van der Waals surface area contributed by atoms with E-state index in [0.29, 0.717) is 0 Å². The van der Waals surface area contributed by atoms with Crippen LogP contribution in [-0.4, -0.2) is 22.9 Å². The van der Waals surface area contributed by atoms with Gasteiger partial charge in [0.25, 0.3) is 5.91 Å². The quantitative estimate of drug-likeness (QED) is 0.808. The highest BCUT2D eigenvalue weighted by Gasteiger charge is 2.21. The molecule has 2 heteroatoms. The third kappa shape index (κ3) is 2.84. The Morgan fingerprint density at radius 1 is 0.900 bits per heavy atom. The summed E-state index contributed by atoms with van der Waals surface area (Å²) in [6.45, 7) is 10.3. The summed E-state index contributed by atoms with van der Waals surface area (Å²) in [7, 11) is 0. The van der Waals surface area contributed by atoms with Gasteiger partial charge in [-0.25, -0.2) is 0 Å². The first kappa shape index (κ1) is 14.6. The predicted octanol–water partition coefficient (Wildman–Crippen LogP) is 4.41. The zero-order chi connectivity index (χ0) is 14.9. The summed E-state index contributed by atoms with van der Waals surface area (Å²) in [5.74, 6) is 0.109. The maximum atomic E-state index is 12.7. The number of rotatable bonds is 3. The van der Waals surface area contributed by atoms with Gasteiger partial charge < -0.3 is 4.90 Å². The van der Waals surface area contributed by atoms with Crippen LogP contribution in [0.25, 0.3) is 10.8 Å². The van der Waals surface area contributed by atoms with E-state index in [-0.39, 0.29) is 18.0 Å². The summed E-state index contributed by atoms with van der Waals surface area (Å²) < 4.78 is 0. The van der Waals surface area contributed by atoms with Crippen molar-refractivity contribution in [1.29, 1.82) is 0 Å². The van der Waals surface area contributed by atoms with Crippen molar-refractivity contribution in [3.63, 3.8) is 0 Å². The molecule has 0 aliphatic heterocycles. The van der Waals surface area contributed by atoms with Crippen LogP contribution < -0.4 is 0 Å². The van der Waals surface area contributed by atoms with Crippen molar-refractivity contribution in [2.75, 3.05) is 0 Å². The maximum Gasteiger partial charge on any atom is 0.254 e. The molecule has 0 heterocycles. The highest BCUT2D eigenvalue weighted by molar-refractivity contribution is 5.99. The molecule has 0 N–H and O–H groups in total. The highest BCUT2D eigenvalue weighted by Crippen LogP contribution is 2.20. The molecule has 0 radical (unpaired) electrons. The summed E-state index contributed by atoms with van der Waals surface area (Å²) in [5, 5.41) is 2.30. The number of hydrogen-bond donors (Lipinski definition) is 0. The molecule has 0 aliphatic rings. The second kappa shape index (κ2) is 5.66. The third-order valence-corrected chi connectivity index (χ3v) is 3.59. The van der Waals surface area contributed by atoms with Crippen LogP contribution in [0.3, 0.4) is 0 Å². The lowest BCUT2D eigenvalue weighted by Crippen LogP contribution is -2.42. The van der Waals surface area contributed by atoms with Gasteiger partial charge in [-0.2, -0.15) is 0 Å². The molecule has 0 saturated heterocycles. The van der Waals surface area contributed by atoms with E-state index in [1.54, 1.807) is 0 Å². The SMILES string of the molecule is Cc1ccc2cc(C(=O)N(C(C)C)C(C)C)ccc2c1. The van der Waals surface area contributed by atoms with E-state index in [0.717, 1.165) is 10.9 Å². The molecule has 0 bridgehead atoms. The fourth-order valence-electron chi connectivity index (χ4n) is 2.71. The smallest absolute Gasteiger partial charge is 0.254 e. The van der Waals surface area contributed by atoms with Crippen molar-refractivity contribution in [1.82, 2.24) is 4.90 Å². The molecule has 0 fully saturated rings. The molecular formula is C18H23NO. The van der Waals surface area contributed by atoms with Crippen molar-refractivity contribution in [2.45, 2.75) is 46.7 Å². The lowest BCUT2D eigenvalue weighted by molar-refractivity contribution is 0.0644. The van der Waals surface area contributed by atoms with Crippen LogP contribution in [0.15, 0.2) is 36.4 Å². The number of carbonyl (C=O) groups excluding carboxylic acids is 1. The maximum absolute atomic E-state index is 12.7. The Bertz CT molecular complexity index is 620. The van der Waals surface area contributed by atoms with Gasteiger partial charge in [0.1, 0.15) is 0 Å². The minimum atomic E-state index is 0.109. The van der Waals surface area contributed by atoms with Crippen molar-refractivity contribution >= 4 is 16.7 Å². The van der Waals surface area contributed by atoms with Crippen molar-refractivity contribution in [3.8, 4) is 0 Å². The summed E-state index contributed by atoms with van der Waals surface area (Å²) in [5.41, 5.74) is 2.01. The minimum absolute atomic E-state index is 0.109. The second-order valence-electron chi connectivity index (χ2n) is 5.97. The molecule has 0 spiro atoms. The van der Waals surface area contributed by atoms with Gasteiger partial charge in [-0.15, -0.1) is 0 Å². The number of nitrogens with zero attached hydrogens (tertiary/aromatic N) is 1. The number of benzene rings is 2. The zero-order valence-corrected chi connectivity index (χ0v) is 13.0. The molecule has 0 atom stereocenters. The molecule has 1 amide bonds. The van der Waals surface area contributed by atoms with Crippen LogP contribution in [0.1, 0.15) is 43.6 Å². The molecule has 0 aliphatic carbocycles. The third-order valence-electron chi connectivity index (χ3n) is 3.59. The molecule has 2 aromatic rings. The van der Waals surface area contributed by atoms with Crippen LogP contribution in [0.5, 0.6) is 0 Å². The topological polar surface area (TPSA) is 20.3 Å². The van der Waals surface area contributed by atoms with Gasteiger partial charge in [-0.05, 0) is 57.5 Å². The normalized spacial score (nSPS) is 11.3. The van der Waals surface area contributed by atoms with Gasteiger partial charge in [0.15, 0.2) is 0 Å². The van der Waals surface area contributed by atoms with Crippen LogP contribution in [-0.2, 0) is 0 Å². The molecule has 2 nitrogen and oxygen atoms in total. The predicted molar refractivity (Wildman–Crippen MR) is 85.1 cm³/mol. The molecule has 2 rings (SSSR count). The molecular weight excluding hydrogens is 246 g/mol. The van der Waals surface area contributed by atoms with Gasteiger partial charge >= 0.3 is 0 Å². The van der Waals surface area contributed by atoms with E-state index >= 15 is 0 Å².